The second-order valence-corrected chi connectivity index (χ2v) is 7.35. The van der Waals surface area contributed by atoms with Crippen molar-refractivity contribution in [2.45, 2.75) is 19.4 Å². The molecule has 1 unspecified atom stereocenters. The molecule has 1 aliphatic heterocycles. The average molecular weight is 439 g/mol. The molecule has 2 aromatic carbocycles. The molecule has 3 aromatic rings. The lowest BCUT2D eigenvalue weighted by Gasteiger charge is -2.25. The number of hydrogen-bond acceptors (Lipinski definition) is 4. The average Bonchev–Trinajstić information content (AvgIpc) is 3.15. The van der Waals surface area contributed by atoms with Crippen LogP contribution >= 0.6 is 15.9 Å². The Balaban J connectivity index is 1.94. The summed E-state index contributed by atoms with van der Waals surface area (Å²) < 4.78 is 19.8. The Hall–Kier alpha value is -2.91. The highest BCUT2D eigenvalue weighted by Crippen LogP contribution is 2.47. The van der Waals surface area contributed by atoms with E-state index in [2.05, 4.69) is 51.8 Å². The van der Waals surface area contributed by atoms with Crippen molar-refractivity contribution < 1.29 is 14.2 Å². The van der Waals surface area contributed by atoms with E-state index in [0.717, 1.165) is 38.8 Å². The zero-order valence-corrected chi connectivity index (χ0v) is 17.4. The number of benzene rings is 2. The highest BCUT2D eigenvalue weighted by Gasteiger charge is 2.30. The predicted octanol–water partition coefficient (Wildman–Crippen LogP) is 5.37. The number of fused-ring (bicyclic) bond motifs is 3. The fourth-order valence-corrected chi connectivity index (χ4v) is 4.43. The molecule has 0 amide bonds. The van der Waals surface area contributed by atoms with Gasteiger partial charge in [0, 0.05) is 23.7 Å². The van der Waals surface area contributed by atoms with Gasteiger partial charge in [0.05, 0.1) is 41.8 Å². The molecule has 1 aliphatic rings. The third-order valence-electron chi connectivity index (χ3n) is 5.12. The molecule has 0 saturated carbocycles. The van der Waals surface area contributed by atoms with Crippen molar-refractivity contribution in [2.75, 3.05) is 14.2 Å². The van der Waals surface area contributed by atoms with E-state index in [4.69, 9.17) is 14.2 Å². The van der Waals surface area contributed by atoms with Crippen molar-refractivity contribution >= 4 is 26.8 Å². The van der Waals surface area contributed by atoms with Gasteiger partial charge in [0.2, 0.25) is 0 Å². The van der Waals surface area contributed by atoms with Gasteiger partial charge in [-0.1, -0.05) is 6.07 Å². The number of nitrogens with zero attached hydrogens (tertiary/aromatic N) is 2. The third-order valence-corrected chi connectivity index (χ3v) is 5.71. The molecule has 142 valence electrons. The minimum atomic E-state index is -0.251. The zero-order valence-electron chi connectivity index (χ0n) is 15.8. The summed E-state index contributed by atoms with van der Waals surface area (Å²) in [7, 11) is 3.20. The first-order chi connectivity index (χ1) is 13.6. The SMILES string of the molecule is CCn1ccc2c3c(ccc21)C(c1cc(Br)c(OC)c(OC)c1)C(C#N)=CO3. The van der Waals surface area contributed by atoms with Gasteiger partial charge in [-0.3, -0.25) is 0 Å². The summed E-state index contributed by atoms with van der Waals surface area (Å²) >= 11 is 3.56. The zero-order chi connectivity index (χ0) is 19.8. The summed E-state index contributed by atoms with van der Waals surface area (Å²) in [6.07, 6.45) is 3.61. The van der Waals surface area contributed by atoms with Gasteiger partial charge < -0.3 is 18.8 Å². The molecule has 0 aliphatic carbocycles. The summed E-state index contributed by atoms with van der Waals surface area (Å²) in [5, 5.41) is 10.8. The van der Waals surface area contributed by atoms with Crippen LogP contribution in [0.15, 0.2) is 52.8 Å². The van der Waals surface area contributed by atoms with E-state index in [1.807, 2.05) is 18.2 Å². The highest BCUT2D eigenvalue weighted by molar-refractivity contribution is 9.10. The van der Waals surface area contributed by atoms with Gasteiger partial charge in [0.25, 0.3) is 0 Å². The van der Waals surface area contributed by atoms with Crippen LogP contribution in [0, 0.1) is 11.3 Å². The Bertz CT molecular complexity index is 1140. The first-order valence-electron chi connectivity index (χ1n) is 8.92. The number of methoxy groups -OCH3 is 2. The van der Waals surface area contributed by atoms with Gasteiger partial charge in [-0.05, 0) is 52.7 Å². The van der Waals surface area contributed by atoms with Crippen LogP contribution in [-0.2, 0) is 6.54 Å². The molecule has 2 heterocycles. The molecule has 5 nitrogen and oxygen atoms in total. The topological polar surface area (TPSA) is 56.4 Å². The Kier molecular flexibility index (Phi) is 4.78. The van der Waals surface area contributed by atoms with Gasteiger partial charge in [-0.15, -0.1) is 0 Å². The van der Waals surface area contributed by atoms with E-state index in [1.165, 1.54) is 0 Å². The fraction of sp³-hybridized carbons (Fsp3) is 0.227. The largest absolute Gasteiger partial charge is 0.493 e. The Morgan fingerprint density at radius 1 is 1.21 bits per heavy atom. The summed E-state index contributed by atoms with van der Waals surface area (Å²) in [5.74, 6) is 1.77. The Labute approximate surface area is 171 Å². The lowest BCUT2D eigenvalue weighted by molar-refractivity contribution is 0.352. The fourth-order valence-electron chi connectivity index (χ4n) is 3.81. The lowest BCUT2D eigenvalue weighted by atomic mass is 9.83. The molecule has 0 saturated heterocycles. The standard InChI is InChI=1S/C22H19BrN2O3/c1-4-25-8-7-15-18(25)6-5-16-20(14(11-24)12-28-21(15)16)13-9-17(23)22(27-3)19(10-13)26-2/h5-10,12,20H,4H2,1-3H3. The van der Waals surface area contributed by atoms with E-state index < -0.39 is 0 Å². The van der Waals surface area contributed by atoms with Gasteiger partial charge >= 0.3 is 0 Å². The Morgan fingerprint density at radius 2 is 2.04 bits per heavy atom. The minimum Gasteiger partial charge on any atom is -0.493 e. The number of nitriles is 1. The molecule has 1 atom stereocenters. The van der Waals surface area contributed by atoms with Gasteiger partial charge in [0.1, 0.15) is 12.0 Å². The molecule has 0 fully saturated rings. The van der Waals surface area contributed by atoms with Gasteiger partial charge in [-0.2, -0.15) is 5.26 Å². The van der Waals surface area contributed by atoms with E-state index in [-0.39, 0.29) is 5.92 Å². The number of rotatable bonds is 4. The normalized spacial score (nSPS) is 15.4. The molecule has 1 aromatic heterocycles. The van der Waals surface area contributed by atoms with Crippen molar-refractivity contribution in [2.24, 2.45) is 0 Å². The maximum Gasteiger partial charge on any atom is 0.174 e. The maximum atomic E-state index is 9.73. The van der Waals surface area contributed by atoms with E-state index in [1.54, 1.807) is 20.5 Å². The van der Waals surface area contributed by atoms with Crippen LogP contribution < -0.4 is 14.2 Å². The molecular formula is C22H19BrN2O3. The van der Waals surface area contributed by atoms with Gasteiger partial charge in [-0.25, -0.2) is 0 Å². The van der Waals surface area contributed by atoms with Crippen LogP contribution in [0.1, 0.15) is 24.0 Å². The van der Waals surface area contributed by atoms with Crippen molar-refractivity contribution in [3.63, 3.8) is 0 Å². The molecule has 4 rings (SSSR count). The molecule has 0 spiro atoms. The van der Waals surface area contributed by atoms with Crippen LogP contribution in [0.3, 0.4) is 0 Å². The summed E-state index contributed by atoms with van der Waals surface area (Å²) in [6, 6.07) is 12.4. The van der Waals surface area contributed by atoms with Crippen LogP contribution in [0.5, 0.6) is 17.2 Å². The molecular weight excluding hydrogens is 420 g/mol. The number of ether oxygens (including phenoxy) is 3. The van der Waals surface area contributed by atoms with Crippen molar-refractivity contribution in [3.8, 4) is 23.3 Å². The Morgan fingerprint density at radius 3 is 2.71 bits per heavy atom. The van der Waals surface area contributed by atoms with Crippen molar-refractivity contribution in [1.29, 1.82) is 5.26 Å². The molecule has 0 radical (unpaired) electrons. The lowest BCUT2D eigenvalue weighted by Crippen LogP contribution is -2.12. The monoisotopic (exact) mass is 438 g/mol. The molecule has 6 heteroatoms. The maximum absolute atomic E-state index is 9.73. The van der Waals surface area contributed by atoms with Crippen LogP contribution in [0.25, 0.3) is 10.9 Å². The second kappa shape index (κ2) is 7.25. The molecule has 0 N–H and O–H groups in total. The van der Waals surface area contributed by atoms with Crippen LogP contribution in [0.4, 0.5) is 0 Å². The quantitative estimate of drug-likeness (QED) is 0.548. The second-order valence-electron chi connectivity index (χ2n) is 6.49. The number of aryl methyl sites for hydroxylation is 1. The molecule has 0 bridgehead atoms. The third kappa shape index (κ3) is 2.74. The number of allylic oxidation sites excluding steroid dienone is 1. The number of aromatic nitrogens is 1. The first kappa shape index (κ1) is 18.5. The minimum absolute atomic E-state index is 0.251. The first-order valence-corrected chi connectivity index (χ1v) is 9.72. The smallest absolute Gasteiger partial charge is 0.174 e. The summed E-state index contributed by atoms with van der Waals surface area (Å²) in [6.45, 7) is 2.99. The van der Waals surface area contributed by atoms with Crippen molar-refractivity contribution in [1.82, 2.24) is 4.57 Å². The van der Waals surface area contributed by atoms with Crippen molar-refractivity contribution in [3.05, 3.63) is 64.0 Å². The van der Waals surface area contributed by atoms with Crippen LogP contribution in [-0.4, -0.2) is 18.8 Å². The van der Waals surface area contributed by atoms with Gasteiger partial charge in [0.15, 0.2) is 11.5 Å². The van der Waals surface area contributed by atoms with E-state index in [9.17, 15) is 5.26 Å². The van der Waals surface area contributed by atoms with Crippen LogP contribution in [0.2, 0.25) is 0 Å². The number of halogens is 1. The molecule has 28 heavy (non-hydrogen) atoms. The summed E-state index contributed by atoms with van der Waals surface area (Å²) in [4.78, 5) is 0. The van der Waals surface area contributed by atoms with E-state index >= 15 is 0 Å². The summed E-state index contributed by atoms with van der Waals surface area (Å²) in [5.41, 5.74) is 3.54. The number of hydrogen-bond donors (Lipinski definition) is 0. The van der Waals surface area contributed by atoms with E-state index in [0.29, 0.717) is 17.1 Å². The highest BCUT2D eigenvalue weighted by atomic mass is 79.9. The predicted molar refractivity (Wildman–Crippen MR) is 111 cm³/mol.